The molecule has 0 saturated heterocycles. The minimum atomic E-state index is -0.786. The Labute approximate surface area is 97.7 Å². The molecule has 0 aliphatic heterocycles. The Bertz CT molecular complexity index is 349. The second-order valence-corrected chi connectivity index (χ2v) is 4.31. The minimum Gasteiger partial charge on any atom is -0.394 e. The van der Waals surface area contributed by atoms with E-state index in [4.69, 9.17) is 10.8 Å². The molecule has 0 bridgehead atoms. The quantitative estimate of drug-likeness (QED) is 0.565. The van der Waals surface area contributed by atoms with Gasteiger partial charge in [-0.3, -0.25) is 0 Å². The third kappa shape index (κ3) is 3.80. The number of thioether (sulfide) groups is 1. The van der Waals surface area contributed by atoms with Crippen LogP contribution >= 0.6 is 11.8 Å². The minimum absolute atomic E-state index is 0.139. The van der Waals surface area contributed by atoms with Crippen LogP contribution in [0.25, 0.3) is 0 Å². The van der Waals surface area contributed by atoms with E-state index in [9.17, 15) is 5.11 Å². The maximum atomic E-state index is 9.18. The Kier molecular flexibility index (Phi) is 4.71. The molecule has 1 unspecified atom stereocenters. The van der Waals surface area contributed by atoms with Gasteiger partial charge in [0.2, 0.25) is 11.9 Å². The van der Waals surface area contributed by atoms with Crippen molar-refractivity contribution in [2.45, 2.75) is 11.3 Å². The van der Waals surface area contributed by atoms with Crippen LogP contribution < -0.4 is 10.6 Å². The van der Waals surface area contributed by atoms with Crippen molar-refractivity contribution in [3.05, 3.63) is 0 Å². The molecule has 0 spiro atoms. The van der Waals surface area contributed by atoms with Crippen molar-refractivity contribution in [1.29, 1.82) is 0 Å². The third-order valence-corrected chi connectivity index (χ3v) is 2.63. The molecular weight excluding hydrogens is 230 g/mol. The van der Waals surface area contributed by atoms with Crippen molar-refractivity contribution in [3.8, 4) is 0 Å². The molecule has 1 atom stereocenters. The van der Waals surface area contributed by atoms with Gasteiger partial charge in [-0.25, -0.2) is 0 Å². The van der Waals surface area contributed by atoms with E-state index in [1.165, 1.54) is 11.8 Å². The van der Waals surface area contributed by atoms with E-state index in [-0.39, 0.29) is 12.6 Å². The van der Waals surface area contributed by atoms with Crippen LogP contribution in [-0.2, 0) is 0 Å². The van der Waals surface area contributed by atoms with Gasteiger partial charge in [-0.1, -0.05) is 11.8 Å². The first-order valence-corrected chi connectivity index (χ1v) is 5.62. The van der Waals surface area contributed by atoms with Crippen molar-refractivity contribution in [3.63, 3.8) is 0 Å². The number of hydrogen-bond acceptors (Lipinski definition) is 8. The zero-order valence-electron chi connectivity index (χ0n) is 9.16. The van der Waals surface area contributed by atoms with Crippen LogP contribution in [0.15, 0.2) is 5.16 Å². The van der Waals surface area contributed by atoms with Crippen molar-refractivity contribution in [2.24, 2.45) is 0 Å². The summed E-state index contributed by atoms with van der Waals surface area (Å²) in [7, 11) is 3.59. The van der Waals surface area contributed by atoms with Crippen molar-refractivity contribution >= 4 is 23.7 Å². The average Bonchev–Trinajstić information content (AvgIpc) is 2.25. The van der Waals surface area contributed by atoms with E-state index in [1.807, 2.05) is 0 Å². The van der Waals surface area contributed by atoms with Crippen molar-refractivity contribution < 1.29 is 10.2 Å². The summed E-state index contributed by atoms with van der Waals surface area (Å²) in [5, 5.41) is 18.3. The topological polar surface area (TPSA) is 108 Å². The number of nitrogens with zero attached hydrogens (tertiary/aromatic N) is 4. The average molecular weight is 245 g/mol. The predicted octanol–water partition coefficient (Wildman–Crippen LogP) is -1.03. The van der Waals surface area contributed by atoms with Crippen LogP contribution in [0.3, 0.4) is 0 Å². The van der Waals surface area contributed by atoms with Gasteiger partial charge >= 0.3 is 0 Å². The molecule has 7 nitrogen and oxygen atoms in total. The molecule has 0 aromatic carbocycles. The Morgan fingerprint density at radius 3 is 2.62 bits per heavy atom. The fourth-order valence-corrected chi connectivity index (χ4v) is 1.60. The Morgan fingerprint density at radius 1 is 1.38 bits per heavy atom. The maximum absolute atomic E-state index is 9.18. The van der Waals surface area contributed by atoms with Crippen LogP contribution in [0.1, 0.15) is 0 Å². The summed E-state index contributed by atoms with van der Waals surface area (Å²) in [6.45, 7) is -0.284. The van der Waals surface area contributed by atoms with E-state index in [0.29, 0.717) is 16.9 Å². The van der Waals surface area contributed by atoms with Gasteiger partial charge in [-0.15, -0.1) is 0 Å². The molecule has 0 saturated carbocycles. The first kappa shape index (κ1) is 12.9. The number of nitrogens with two attached hydrogens (primary N) is 1. The second kappa shape index (κ2) is 5.83. The number of aliphatic hydroxyl groups is 2. The molecule has 4 N–H and O–H groups in total. The summed E-state index contributed by atoms with van der Waals surface area (Å²) in [5.41, 5.74) is 5.52. The molecule has 1 aromatic rings. The summed E-state index contributed by atoms with van der Waals surface area (Å²) in [6.07, 6.45) is -0.786. The lowest BCUT2D eigenvalue weighted by Gasteiger charge is -2.11. The molecule has 16 heavy (non-hydrogen) atoms. The van der Waals surface area contributed by atoms with Gasteiger partial charge in [-0.2, -0.15) is 15.0 Å². The SMILES string of the molecule is CN(C)c1nc(N)nc(SCC(O)CO)n1. The number of aliphatic hydroxyl groups excluding tert-OH is 2. The van der Waals surface area contributed by atoms with Crippen LogP contribution in [0.4, 0.5) is 11.9 Å². The Hall–Kier alpha value is -1.12. The smallest absolute Gasteiger partial charge is 0.230 e. The van der Waals surface area contributed by atoms with Crippen LogP contribution in [0.2, 0.25) is 0 Å². The van der Waals surface area contributed by atoms with Gasteiger partial charge in [0.15, 0.2) is 5.16 Å². The summed E-state index contributed by atoms with van der Waals surface area (Å²) >= 11 is 1.22. The van der Waals surface area contributed by atoms with Crippen LogP contribution in [0.5, 0.6) is 0 Å². The van der Waals surface area contributed by atoms with E-state index in [2.05, 4.69) is 15.0 Å². The molecule has 0 aliphatic carbocycles. The van der Waals surface area contributed by atoms with E-state index >= 15 is 0 Å². The first-order chi connectivity index (χ1) is 7.52. The van der Waals surface area contributed by atoms with E-state index in [1.54, 1.807) is 19.0 Å². The van der Waals surface area contributed by atoms with Gasteiger partial charge in [0.25, 0.3) is 0 Å². The zero-order chi connectivity index (χ0) is 12.1. The highest BCUT2D eigenvalue weighted by Crippen LogP contribution is 2.17. The molecule has 90 valence electrons. The summed E-state index contributed by atoms with van der Waals surface area (Å²) < 4.78 is 0. The molecule has 1 heterocycles. The Morgan fingerprint density at radius 2 is 2.06 bits per heavy atom. The lowest BCUT2D eigenvalue weighted by Crippen LogP contribution is -2.17. The number of nitrogen functional groups attached to an aromatic ring is 1. The molecule has 1 aromatic heterocycles. The highest BCUT2D eigenvalue weighted by molar-refractivity contribution is 7.99. The molecule has 0 amide bonds. The highest BCUT2D eigenvalue weighted by Gasteiger charge is 2.09. The van der Waals surface area contributed by atoms with Gasteiger partial charge in [0.1, 0.15) is 0 Å². The second-order valence-electron chi connectivity index (χ2n) is 3.32. The largest absolute Gasteiger partial charge is 0.394 e. The first-order valence-electron chi connectivity index (χ1n) is 4.63. The molecule has 0 aliphatic rings. The Balaban J connectivity index is 2.72. The molecule has 0 fully saturated rings. The molecule has 8 heteroatoms. The molecular formula is C8H15N5O2S. The molecule has 0 radical (unpaired) electrons. The number of anilines is 2. The van der Waals surface area contributed by atoms with Gasteiger partial charge in [0, 0.05) is 19.8 Å². The van der Waals surface area contributed by atoms with Crippen LogP contribution in [-0.4, -0.2) is 57.7 Å². The van der Waals surface area contributed by atoms with Crippen LogP contribution in [0, 0.1) is 0 Å². The highest BCUT2D eigenvalue weighted by atomic mass is 32.2. The molecule has 1 rings (SSSR count). The predicted molar refractivity (Wildman–Crippen MR) is 62.4 cm³/mol. The van der Waals surface area contributed by atoms with E-state index < -0.39 is 6.10 Å². The summed E-state index contributed by atoms with van der Waals surface area (Å²) in [4.78, 5) is 13.7. The zero-order valence-corrected chi connectivity index (χ0v) is 9.98. The van der Waals surface area contributed by atoms with Gasteiger partial charge in [-0.05, 0) is 0 Å². The lowest BCUT2D eigenvalue weighted by molar-refractivity contribution is 0.113. The van der Waals surface area contributed by atoms with Crippen molar-refractivity contribution in [2.75, 3.05) is 37.1 Å². The number of aromatic nitrogens is 3. The standard InChI is InChI=1S/C8H15N5O2S/c1-13(2)7-10-6(9)11-8(12-7)16-4-5(15)3-14/h5,14-15H,3-4H2,1-2H3,(H2,9,10,11,12). The monoisotopic (exact) mass is 245 g/mol. The van der Waals surface area contributed by atoms with Gasteiger partial charge in [0.05, 0.1) is 12.7 Å². The third-order valence-electron chi connectivity index (χ3n) is 1.64. The summed E-state index contributed by atoms with van der Waals surface area (Å²) in [5.74, 6) is 0.917. The maximum Gasteiger partial charge on any atom is 0.230 e. The van der Waals surface area contributed by atoms with Gasteiger partial charge < -0.3 is 20.8 Å². The fourth-order valence-electron chi connectivity index (χ4n) is 0.849. The summed E-state index contributed by atoms with van der Waals surface area (Å²) in [6, 6.07) is 0. The normalized spacial score (nSPS) is 12.5. The van der Waals surface area contributed by atoms with Crippen molar-refractivity contribution in [1.82, 2.24) is 15.0 Å². The number of rotatable bonds is 5. The lowest BCUT2D eigenvalue weighted by atomic mass is 10.4. The van der Waals surface area contributed by atoms with E-state index in [0.717, 1.165) is 0 Å². The number of hydrogen-bond donors (Lipinski definition) is 3. The fraction of sp³-hybridized carbons (Fsp3) is 0.625.